The summed E-state index contributed by atoms with van der Waals surface area (Å²) >= 11 is 7.99. The van der Waals surface area contributed by atoms with Crippen LogP contribution in [0.4, 0.5) is 0 Å². The molecule has 26 heavy (non-hydrogen) atoms. The van der Waals surface area contributed by atoms with Crippen LogP contribution in [0.25, 0.3) is 11.4 Å². The first-order valence-electron chi connectivity index (χ1n) is 8.69. The molecule has 3 aromatic rings. The van der Waals surface area contributed by atoms with Crippen LogP contribution >= 0.6 is 23.4 Å². The Morgan fingerprint density at radius 2 is 1.65 bits per heavy atom. The summed E-state index contributed by atoms with van der Waals surface area (Å²) in [6.07, 6.45) is 0. The smallest absolute Gasteiger partial charge is 0.191 e. The van der Waals surface area contributed by atoms with E-state index < -0.39 is 0 Å². The third-order valence-corrected chi connectivity index (χ3v) is 5.99. The summed E-state index contributed by atoms with van der Waals surface area (Å²) in [6, 6.07) is 16.5. The van der Waals surface area contributed by atoms with Gasteiger partial charge in [-0.25, -0.2) is 0 Å². The van der Waals surface area contributed by atoms with E-state index in [0.29, 0.717) is 0 Å². The van der Waals surface area contributed by atoms with Crippen molar-refractivity contribution in [3.8, 4) is 11.4 Å². The third-order valence-electron chi connectivity index (χ3n) is 4.47. The number of nitrogens with zero attached hydrogens (tertiary/aromatic N) is 3. The van der Waals surface area contributed by atoms with E-state index in [4.69, 9.17) is 11.6 Å². The topological polar surface area (TPSA) is 30.7 Å². The first kappa shape index (κ1) is 19.0. The van der Waals surface area contributed by atoms with Crippen molar-refractivity contribution in [2.75, 3.05) is 0 Å². The van der Waals surface area contributed by atoms with Gasteiger partial charge < -0.3 is 4.57 Å². The van der Waals surface area contributed by atoms with Gasteiger partial charge in [0.15, 0.2) is 11.0 Å². The van der Waals surface area contributed by atoms with Crippen molar-refractivity contribution in [3.63, 3.8) is 0 Å². The molecule has 1 aromatic heterocycles. The SMILES string of the molecule is C[C@H](Sc1nnc(-c2ccc(C(C)(C)C)cc2)n1C)c1ccccc1Cl. The standard InChI is InChI=1S/C21H24ClN3S/c1-14(17-8-6-7-9-18(17)22)26-20-24-23-19(25(20)5)15-10-12-16(13-11-15)21(2,3)4/h6-14H,1-5H3/t14-/m0/s1. The van der Waals surface area contributed by atoms with Gasteiger partial charge in [0.25, 0.3) is 0 Å². The van der Waals surface area contributed by atoms with Gasteiger partial charge in [-0.15, -0.1) is 10.2 Å². The summed E-state index contributed by atoms with van der Waals surface area (Å²) in [5, 5.41) is 10.7. The minimum Gasteiger partial charge on any atom is -0.305 e. The van der Waals surface area contributed by atoms with Gasteiger partial charge >= 0.3 is 0 Å². The van der Waals surface area contributed by atoms with Gasteiger partial charge in [0.2, 0.25) is 0 Å². The zero-order valence-corrected chi connectivity index (χ0v) is 17.4. The number of halogens is 1. The summed E-state index contributed by atoms with van der Waals surface area (Å²) in [4.78, 5) is 0. The highest BCUT2D eigenvalue weighted by atomic mass is 35.5. The summed E-state index contributed by atoms with van der Waals surface area (Å²) in [5.41, 5.74) is 3.64. The lowest BCUT2D eigenvalue weighted by Gasteiger charge is -2.19. The molecule has 0 aliphatic heterocycles. The highest BCUT2D eigenvalue weighted by molar-refractivity contribution is 7.99. The Balaban J connectivity index is 1.83. The normalized spacial score (nSPS) is 13.0. The van der Waals surface area contributed by atoms with E-state index in [1.54, 1.807) is 11.8 Å². The van der Waals surface area contributed by atoms with E-state index in [0.717, 1.165) is 27.1 Å². The van der Waals surface area contributed by atoms with E-state index in [-0.39, 0.29) is 10.7 Å². The molecule has 136 valence electrons. The Morgan fingerprint density at radius 1 is 1.00 bits per heavy atom. The van der Waals surface area contributed by atoms with Crippen LogP contribution < -0.4 is 0 Å². The summed E-state index contributed by atoms with van der Waals surface area (Å²) in [7, 11) is 2.01. The summed E-state index contributed by atoms with van der Waals surface area (Å²) < 4.78 is 2.05. The molecule has 0 aliphatic rings. The molecular formula is C21H24ClN3S. The van der Waals surface area contributed by atoms with Crippen molar-refractivity contribution in [3.05, 3.63) is 64.7 Å². The number of rotatable bonds is 4. The molecule has 1 atom stereocenters. The van der Waals surface area contributed by atoms with Crippen molar-refractivity contribution >= 4 is 23.4 Å². The monoisotopic (exact) mass is 385 g/mol. The van der Waals surface area contributed by atoms with Crippen molar-refractivity contribution < 1.29 is 0 Å². The minimum absolute atomic E-state index is 0.143. The fourth-order valence-electron chi connectivity index (χ4n) is 2.81. The maximum absolute atomic E-state index is 6.32. The molecule has 0 spiro atoms. The van der Waals surface area contributed by atoms with Gasteiger partial charge in [-0.1, -0.05) is 86.6 Å². The fraction of sp³-hybridized carbons (Fsp3) is 0.333. The second kappa shape index (κ2) is 7.45. The number of thioether (sulfide) groups is 1. The largest absolute Gasteiger partial charge is 0.305 e. The predicted molar refractivity (Wildman–Crippen MR) is 111 cm³/mol. The van der Waals surface area contributed by atoms with Crippen LogP contribution in [0, 0.1) is 0 Å². The van der Waals surface area contributed by atoms with Crippen LogP contribution in [0.15, 0.2) is 53.7 Å². The fourth-order valence-corrected chi connectivity index (χ4v) is 4.16. The third kappa shape index (κ3) is 3.97. The lowest BCUT2D eigenvalue weighted by molar-refractivity contribution is 0.590. The van der Waals surface area contributed by atoms with Crippen LogP contribution in [0.1, 0.15) is 44.1 Å². The first-order chi connectivity index (χ1) is 12.3. The van der Waals surface area contributed by atoms with E-state index in [2.05, 4.69) is 68.2 Å². The van der Waals surface area contributed by atoms with Crippen molar-refractivity contribution in [1.82, 2.24) is 14.8 Å². The molecule has 0 amide bonds. The van der Waals surface area contributed by atoms with Gasteiger partial charge in [0, 0.05) is 22.9 Å². The van der Waals surface area contributed by atoms with E-state index in [1.807, 2.05) is 29.8 Å². The van der Waals surface area contributed by atoms with E-state index in [1.165, 1.54) is 5.56 Å². The Hall–Kier alpha value is -1.78. The maximum atomic E-state index is 6.32. The van der Waals surface area contributed by atoms with Gasteiger partial charge in [0.05, 0.1) is 0 Å². The quantitative estimate of drug-likeness (QED) is 0.494. The van der Waals surface area contributed by atoms with Gasteiger partial charge in [-0.2, -0.15) is 0 Å². The van der Waals surface area contributed by atoms with Crippen LogP contribution in [-0.2, 0) is 12.5 Å². The average Bonchev–Trinajstić information content (AvgIpc) is 2.95. The second-order valence-corrected chi connectivity index (χ2v) is 9.19. The molecule has 0 saturated carbocycles. The molecule has 0 radical (unpaired) electrons. The molecule has 1 heterocycles. The lowest BCUT2D eigenvalue weighted by Crippen LogP contribution is -2.10. The highest BCUT2D eigenvalue weighted by Crippen LogP contribution is 2.37. The predicted octanol–water partition coefficient (Wildman–Crippen LogP) is 6.29. The molecule has 0 aliphatic carbocycles. The zero-order valence-electron chi connectivity index (χ0n) is 15.8. The number of benzene rings is 2. The number of hydrogen-bond acceptors (Lipinski definition) is 3. The minimum atomic E-state index is 0.143. The average molecular weight is 386 g/mol. The van der Waals surface area contributed by atoms with Crippen molar-refractivity contribution in [2.45, 2.75) is 43.5 Å². The summed E-state index contributed by atoms with van der Waals surface area (Å²) in [6.45, 7) is 8.79. The van der Waals surface area contributed by atoms with E-state index >= 15 is 0 Å². The molecule has 3 rings (SSSR count). The van der Waals surface area contributed by atoms with Crippen LogP contribution in [-0.4, -0.2) is 14.8 Å². The summed E-state index contributed by atoms with van der Waals surface area (Å²) in [5.74, 6) is 0.874. The van der Waals surface area contributed by atoms with Gasteiger partial charge in [0.1, 0.15) is 0 Å². The van der Waals surface area contributed by atoms with Crippen LogP contribution in [0.3, 0.4) is 0 Å². The second-order valence-electron chi connectivity index (χ2n) is 7.47. The Bertz CT molecular complexity index is 894. The van der Waals surface area contributed by atoms with Crippen LogP contribution in [0.5, 0.6) is 0 Å². The molecule has 0 unspecified atom stereocenters. The molecule has 3 nitrogen and oxygen atoms in total. The highest BCUT2D eigenvalue weighted by Gasteiger charge is 2.18. The molecule has 2 aromatic carbocycles. The Kier molecular flexibility index (Phi) is 5.44. The van der Waals surface area contributed by atoms with Crippen molar-refractivity contribution in [1.29, 1.82) is 0 Å². The Labute approximate surface area is 164 Å². The molecule has 0 saturated heterocycles. The number of hydrogen-bond donors (Lipinski definition) is 0. The van der Waals surface area contributed by atoms with Gasteiger partial charge in [-0.3, -0.25) is 0 Å². The first-order valence-corrected chi connectivity index (χ1v) is 9.94. The molecular weight excluding hydrogens is 362 g/mol. The number of aromatic nitrogens is 3. The lowest BCUT2D eigenvalue weighted by atomic mass is 9.87. The maximum Gasteiger partial charge on any atom is 0.191 e. The zero-order chi connectivity index (χ0) is 18.9. The van der Waals surface area contributed by atoms with Crippen LogP contribution in [0.2, 0.25) is 5.02 Å². The van der Waals surface area contributed by atoms with E-state index in [9.17, 15) is 0 Å². The molecule has 0 fully saturated rings. The molecule has 0 bridgehead atoms. The molecule has 0 N–H and O–H groups in total. The Morgan fingerprint density at radius 3 is 2.27 bits per heavy atom. The van der Waals surface area contributed by atoms with Crippen molar-refractivity contribution in [2.24, 2.45) is 7.05 Å². The molecule has 5 heteroatoms. The van der Waals surface area contributed by atoms with Gasteiger partial charge in [-0.05, 0) is 29.5 Å².